The van der Waals surface area contributed by atoms with Crippen LogP contribution in [0.4, 0.5) is 4.39 Å². The number of nitrogens with zero attached hydrogens (tertiary/aromatic N) is 2. The van der Waals surface area contributed by atoms with Crippen LogP contribution in [0.25, 0.3) is 0 Å². The van der Waals surface area contributed by atoms with E-state index in [0.29, 0.717) is 37.5 Å². The van der Waals surface area contributed by atoms with Crippen molar-refractivity contribution in [2.24, 2.45) is 10.6 Å². The van der Waals surface area contributed by atoms with Gasteiger partial charge in [0.05, 0.1) is 5.71 Å². The Morgan fingerprint density at radius 2 is 2.07 bits per heavy atom. The molecule has 0 aromatic heterocycles. The Hall–Kier alpha value is -1.99. The molecule has 1 amide bonds. The summed E-state index contributed by atoms with van der Waals surface area (Å²) in [5, 5.41) is 7.11. The lowest BCUT2D eigenvalue weighted by Gasteiger charge is -2.39. The summed E-state index contributed by atoms with van der Waals surface area (Å²) in [5.41, 5.74) is 0.145. The quantitative estimate of drug-likeness (QED) is 0.825. The Labute approximate surface area is 159 Å². The molecule has 7 heteroatoms. The molecule has 1 N–H and O–H groups in total. The third kappa shape index (κ3) is 4.65. The normalized spacial score (nSPS) is 24.4. The van der Waals surface area contributed by atoms with Gasteiger partial charge in [-0.25, -0.2) is 4.39 Å². The molecule has 27 heavy (non-hydrogen) atoms. The minimum Gasteiger partial charge on any atom is -0.381 e. The maximum atomic E-state index is 13.5. The largest absolute Gasteiger partial charge is 0.381 e. The Balaban J connectivity index is 1.62. The van der Waals surface area contributed by atoms with Gasteiger partial charge in [0.1, 0.15) is 5.82 Å². The molecule has 6 nitrogen and oxygen atoms in total. The molecule has 0 radical (unpaired) electrons. The van der Waals surface area contributed by atoms with Gasteiger partial charge >= 0.3 is 0 Å². The van der Waals surface area contributed by atoms with Gasteiger partial charge < -0.3 is 19.8 Å². The molecule has 2 aliphatic rings. The number of carbonyl (C=O) groups is 1. The molecule has 0 saturated carbocycles. The van der Waals surface area contributed by atoms with Crippen LogP contribution in [0.3, 0.4) is 0 Å². The van der Waals surface area contributed by atoms with Gasteiger partial charge in [0, 0.05) is 43.7 Å². The Kier molecular flexibility index (Phi) is 5.81. The number of hydrogen-bond donors (Lipinski definition) is 1. The minimum absolute atomic E-state index is 0.00137. The van der Waals surface area contributed by atoms with Gasteiger partial charge in [-0.05, 0) is 46.0 Å². The van der Waals surface area contributed by atoms with Crippen molar-refractivity contribution in [3.8, 4) is 0 Å². The predicted octanol–water partition coefficient (Wildman–Crippen LogP) is 2.18. The fraction of sp³-hybridized carbons (Fsp3) is 0.600. The fourth-order valence-corrected chi connectivity index (χ4v) is 3.81. The molecule has 1 fully saturated rings. The van der Waals surface area contributed by atoms with Crippen molar-refractivity contribution in [2.75, 3.05) is 40.4 Å². The topological polar surface area (TPSA) is 63.2 Å². The highest BCUT2D eigenvalue weighted by atomic mass is 19.1. The summed E-state index contributed by atoms with van der Waals surface area (Å²) in [5.74, 6) is -0.527. The number of rotatable bonds is 6. The molecule has 2 aliphatic heterocycles. The average molecular weight is 377 g/mol. The number of halogens is 1. The van der Waals surface area contributed by atoms with Crippen molar-refractivity contribution >= 4 is 11.6 Å². The smallest absolute Gasteiger partial charge is 0.267 e. The highest BCUT2D eigenvalue weighted by Crippen LogP contribution is 2.32. The summed E-state index contributed by atoms with van der Waals surface area (Å²) in [4.78, 5) is 20.5. The van der Waals surface area contributed by atoms with E-state index >= 15 is 0 Å². The summed E-state index contributed by atoms with van der Waals surface area (Å²) >= 11 is 0. The number of oxime groups is 1. The zero-order valence-electron chi connectivity index (χ0n) is 16.3. The number of amides is 1. The van der Waals surface area contributed by atoms with Gasteiger partial charge in [0.15, 0.2) is 0 Å². The molecular formula is C20H28FN3O3. The van der Waals surface area contributed by atoms with Crippen LogP contribution >= 0.6 is 0 Å². The van der Waals surface area contributed by atoms with Crippen LogP contribution in [-0.4, -0.2) is 62.5 Å². The minimum atomic E-state index is -1.08. The Morgan fingerprint density at radius 1 is 1.33 bits per heavy atom. The molecule has 2 heterocycles. The highest BCUT2D eigenvalue weighted by Gasteiger charge is 2.43. The predicted molar refractivity (Wildman–Crippen MR) is 101 cm³/mol. The van der Waals surface area contributed by atoms with Crippen LogP contribution in [0.1, 0.15) is 31.7 Å². The van der Waals surface area contributed by atoms with Crippen molar-refractivity contribution in [2.45, 2.75) is 31.8 Å². The van der Waals surface area contributed by atoms with Crippen molar-refractivity contribution < 1.29 is 18.8 Å². The molecule has 0 spiro atoms. The summed E-state index contributed by atoms with van der Waals surface area (Å²) in [6.07, 6.45) is 2.13. The second-order valence-electron chi connectivity index (χ2n) is 8.08. The zero-order chi connectivity index (χ0) is 19.5. The highest BCUT2D eigenvalue weighted by molar-refractivity contribution is 6.05. The molecule has 0 aliphatic carbocycles. The molecule has 1 aromatic carbocycles. The van der Waals surface area contributed by atoms with Crippen molar-refractivity contribution in [1.82, 2.24) is 10.2 Å². The maximum Gasteiger partial charge on any atom is 0.267 e. The third-order valence-electron chi connectivity index (χ3n) is 5.33. The first-order valence-electron chi connectivity index (χ1n) is 9.34. The van der Waals surface area contributed by atoms with Gasteiger partial charge in [-0.3, -0.25) is 4.79 Å². The molecule has 3 rings (SSSR count). The Bertz CT molecular complexity index is 716. The van der Waals surface area contributed by atoms with Crippen molar-refractivity contribution in [1.29, 1.82) is 0 Å². The van der Waals surface area contributed by atoms with E-state index < -0.39 is 5.60 Å². The molecule has 1 saturated heterocycles. The zero-order valence-corrected chi connectivity index (χ0v) is 16.3. The molecule has 148 valence electrons. The number of ether oxygens (including phenoxy) is 1. The van der Waals surface area contributed by atoms with Crippen molar-refractivity contribution in [3.05, 3.63) is 35.6 Å². The van der Waals surface area contributed by atoms with E-state index in [-0.39, 0.29) is 17.1 Å². The van der Waals surface area contributed by atoms with Gasteiger partial charge in [-0.2, -0.15) is 0 Å². The lowest BCUT2D eigenvalue weighted by Crippen LogP contribution is -2.52. The van der Waals surface area contributed by atoms with E-state index in [1.54, 1.807) is 19.1 Å². The van der Waals surface area contributed by atoms with E-state index in [1.165, 1.54) is 12.1 Å². The van der Waals surface area contributed by atoms with Crippen molar-refractivity contribution in [3.63, 3.8) is 0 Å². The van der Waals surface area contributed by atoms with Crippen LogP contribution in [0, 0.1) is 11.2 Å². The lowest BCUT2D eigenvalue weighted by molar-refractivity contribution is -0.142. The molecular weight excluding hydrogens is 349 g/mol. The number of carbonyl (C=O) groups excluding carboxylic acids is 1. The Morgan fingerprint density at radius 3 is 2.74 bits per heavy atom. The maximum absolute atomic E-state index is 13.5. The van der Waals surface area contributed by atoms with Gasteiger partial charge in [0.2, 0.25) is 5.60 Å². The van der Waals surface area contributed by atoms with Crippen LogP contribution in [0.5, 0.6) is 0 Å². The lowest BCUT2D eigenvalue weighted by atomic mass is 9.79. The fourth-order valence-electron chi connectivity index (χ4n) is 3.81. The number of hydrogen-bond acceptors (Lipinski definition) is 5. The standard InChI is InChI=1S/C20H28FN3O3/c1-19(12-17(23-27-19)15-5-4-6-16(21)11-15)18(25)22-13-20(14-24(2)3)7-9-26-10-8-20/h4-6,11H,7-10,12-14H2,1-3H3,(H,22,25). The van der Waals surface area contributed by atoms with E-state index in [1.807, 2.05) is 14.1 Å². The van der Waals surface area contributed by atoms with Gasteiger partial charge in [0.25, 0.3) is 5.91 Å². The first kappa shape index (κ1) is 19.8. The first-order chi connectivity index (χ1) is 12.8. The average Bonchev–Trinajstić information content (AvgIpc) is 3.04. The van der Waals surface area contributed by atoms with Gasteiger partial charge in [-0.1, -0.05) is 17.3 Å². The summed E-state index contributed by atoms with van der Waals surface area (Å²) in [6.45, 7) is 4.61. The molecule has 0 bridgehead atoms. The summed E-state index contributed by atoms with van der Waals surface area (Å²) in [7, 11) is 4.08. The first-order valence-corrected chi connectivity index (χ1v) is 9.34. The van der Waals surface area contributed by atoms with Crippen LogP contribution < -0.4 is 5.32 Å². The monoisotopic (exact) mass is 377 g/mol. The van der Waals surface area contributed by atoms with Crippen LogP contribution in [-0.2, 0) is 14.4 Å². The summed E-state index contributed by atoms with van der Waals surface area (Å²) < 4.78 is 19.0. The number of benzene rings is 1. The molecule has 1 unspecified atom stereocenters. The number of nitrogens with one attached hydrogen (secondary N) is 1. The van der Waals surface area contributed by atoms with E-state index in [4.69, 9.17) is 9.57 Å². The van der Waals surface area contributed by atoms with Crippen LogP contribution in [0.15, 0.2) is 29.4 Å². The third-order valence-corrected chi connectivity index (χ3v) is 5.33. The van der Waals surface area contributed by atoms with Crippen LogP contribution in [0.2, 0.25) is 0 Å². The molecule has 1 atom stereocenters. The second-order valence-corrected chi connectivity index (χ2v) is 8.08. The van der Waals surface area contributed by atoms with E-state index in [9.17, 15) is 9.18 Å². The molecule has 1 aromatic rings. The second kappa shape index (κ2) is 7.94. The SMILES string of the molecule is CN(C)CC1(CNC(=O)C2(C)CC(c3cccc(F)c3)=NO2)CCOCC1. The summed E-state index contributed by atoms with van der Waals surface area (Å²) in [6, 6.07) is 6.17. The van der Waals surface area contributed by atoms with E-state index in [2.05, 4.69) is 15.4 Å². The van der Waals surface area contributed by atoms with Gasteiger partial charge in [-0.15, -0.1) is 0 Å². The van der Waals surface area contributed by atoms with E-state index in [0.717, 1.165) is 19.4 Å².